The van der Waals surface area contributed by atoms with E-state index in [4.69, 9.17) is 11.6 Å². The Morgan fingerprint density at radius 1 is 1.04 bits per heavy atom. The van der Waals surface area contributed by atoms with Crippen molar-refractivity contribution < 1.29 is 18.0 Å². The Morgan fingerprint density at radius 2 is 1.63 bits per heavy atom. The Kier molecular flexibility index (Phi) is 6.95. The molecule has 0 fully saturated rings. The number of amides is 2. The number of halogens is 1. The Hall–Kier alpha value is -2.42. The van der Waals surface area contributed by atoms with Crippen LogP contribution in [0.5, 0.6) is 0 Å². The van der Waals surface area contributed by atoms with Crippen molar-refractivity contribution in [2.75, 3.05) is 23.4 Å². The van der Waals surface area contributed by atoms with Crippen LogP contribution in [-0.2, 0) is 26.2 Å². The van der Waals surface area contributed by atoms with Crippen molar-refractivity contribution in [2.24, 2.45) is 0 Å². The summed E-state index contributed by atoms with van der Waals surface area (Å²) in [4.78, 5) is 23.4. The van der Waals surface area contributed by atoms with Crippen LogP contribution in [0.15, 0.2) is 48.5 Å². The molecular formula is C18H20ClN3O4S. The fourth-order valence-electron chi connectivity index (χ4n) is 2.32. The van der Waals surface area contributed by atoms with Crippen molar-refractivity contribution in [1.82, 2.24) is 4.31 Å². The Morgan fingerprint density at radius 3 is 2.19 bits per heavy atom. The molecule has 0 spiro atoms. The average Bonchev–Trinajstić information content (AvgIpc) is 2.55. The monoisotopic (exact) mass is 409 g/mol. The quantitative estimate of drug-likeness (QED) is 0.734. The van der Waals surface area contributed by atoms with Gasteiger partial charge in [0.1, 0.15) is 0 Å². The lowest BCUT2D eigenvalue weighted by Gasteiger charge is -2.19. The lowest BCUT2D eigenvalue weighted by atomic mass is 10.2. The Balaban J connectivity index is 2.07. The van der Waals surface area contributed by atoms with E-state index in [1.807, 2.05) is 0 Å². The van der Waals surface area contributed by atoms with Crippen LogP contribution >= 0.6 is 11.6 Å². The summed E-state index contributed by atoms with van der Waals surface area (Å²) in [6, 6.07) is 13.3. The summed E-state index contributed by atoms with van der Waals surface area (Å²) in [5.74, 6) is -0.723. The van der Waals surface area contributed by atoms with Crippen molar-refractivity contribution >= 4 is 44.8 Å². The summed E-state index contributed by atoms with van der Waals surface area (Å²) in [5.41, 5.74) is 1.69. The van der Waals surface area contributed by atoms with Gasteiger partial charge in [-0.1, -0.05) is 29.8 Å². The van der Waals surface area contributed by atoms with Gasteiger partial charge in [-0.3, -0.25) is 9.59 Å². The number of hydrogen-bond acceptors (Lipinski definition) is 4. The van der Waals surface area contributed by atoms with E-state index in [9.17, 15) is 18.0 Å². The predicted octanol–water partition coefficient (Wildman–Crippen LogP) is 2.70. The van der Waals surface area contributed by atoms with Crippen molar-refractivity contribution in [3.8, 4) is 0 Å². The largest absolute Gasteiger partial charge is 0.326 e. The molecule has 0 atom stereocenters. The van der Waals surface area contributed by atoms with Crippen LogP contribution in [0.3, 0.4) is 0 Å². The van der Waals surface area contributed by atoms with Gasteiger partial charge in [-0.25, -0.2) is 8.42 Å². The summed E-state index contributed by atoms with van der Waals surface area (Å²) in [5, 5.41) is 5.79. The molecule has 0 aliphatic rings. The summed E-state index contributed by atoms with van der Waals surface area (Å²) in [7, 11) is -3.60. The van der Waals surface area contributed by atoms with E-state index in [2.05, 4.69) is 10.6 Å². The van der Waals surface area contributed by atoms with Gasteiger partial charge in [0, 0.05) is 29.9 Å². The minimum absolute atomic E-state index is 0.0509. The maximum atomic E-state index is 12.3. The summed E-state index contributed by atoms with van der Waals surface area (Å²) >= 11 is 5.83. The van der Waals surface area contributed by atoms with Crippen LogP contribution in [0.4, 0.5) is 11.4 Å². The zero-order chi connectivity index (χ0) is 20.0. The Bertz CT molecular complexity index is 930. The van der Waals surface area contributed by atoms with Crippen molar-refractivity contribution in [3.05, 3.63) is 59.1 Å². The number of anilines is 2. The molecule has 0 heterocycles. The molecule has 27 heavy (non-hydrogen) atoms. The van der Waals surface area contributed by atoms with Gasteiger partial charge in [0.25, 0.3) is 0 Å². The molecule has 2 amide bonds. The first-order chi connectivity index (χ1) is 12.6. The van der Waals surface area contributed by atoms with Crippen LogP contribution in [0.1, 0.15) is 12.5 Å². The fraction of sp³-hybridized carbons (Fsp3) is 0.222. The SMILES string of the molecule is CC(=O)Nc1cccc(NC(=O)CN(Cc2ccc(Cl)cc2)S(C)(=O)=O)c1. The molecule has 9 heteroatoms. The normalized spacial score (nSPS) is 11.3. The second-order valence-electron chi connectivity index (χ2n) is 5.97. The van der Waals surface area contributed by atoms with Gasteiger partial charge in [0.2, 0.25) is 21.8 Å². The molecule has 0 aliphatic carbocycles. The van der Waals surface area contributed by atoms with E-state index in [1.54, 1.807) is 48.5 Å². The maximum absolute atomic E-state index is 12.3. The smallest absolute Gasteiger partial charge is 0.239 e. The van der Waals surface area contributed by atoms with Crippen LogP contribution in [0.2, 0.25) is 5.02 Å². The first-order valence-corrected chi connectivity index (χ1v) is 10.2. The number of benzene rings is 2. The standard InChI is InChI=1S/C18H20ClN3O4S/c1-13(23)20-16-4-3-5-17(10-16)21-18(24)12-22(27(2,25)26)11-14-6-8-15(19)9-7-14/h3-10H,11-12H2,1-2H3,(H,20,23)(H,21,24). The zero-order valence-electron chi connectivity index (χ0n) is 14.9. The van der Waals surface area contributed by atoms with Gasteiger partial charge in [0.05, 0.1) is 12.8 Å². The highest BCUT2D eigenvalue weighted by Gasteiger charge is 2.20. The van der Waals surface area contributed by atoms with Crippen molar-refractivity contribution in [2.45, 2.75) is 13.5 Å². The van der Waals surface area contributed by atoms with Gasteiger partial charge < -0.3 is 10.6 Å². The molecule has 0 aromatic heterocycles. The highest BCUT2D eigenvalue weighted by Crippen LogP contribution is 2.16. The van der Waals surface area contributed by atoms with Crippen LogP contribution in [0.25, 0.3) is 0 Å². The topological polar surface area (TPSA) is 95.6 Å². The molecule has 0 radical (unpaired) electrons. The molecule has 0 unspecified atom stereocenters. The number of nitrogens with zero attached hydrogens (tertiary/aromatic N) is 1. The van der Waals surface area contributed by atoms with E-state index in [0.29, 0.717) is 22.0 Å². The summed E-state index contributed by atoms with van der Waals surface area (Å²) in [6.45, 7) is 1.09. The number of carbonyl (C=O) groups excluding carboxylic acids is 2. The third kappa shape index (κ3) is 7.01. The van der Waals surface area contributed by atoms with E-state index >= 15 is 0 Å². The molecule has 2 aromatic rings. The molecule has 2 rings (SSSR count). The first-order valence-electron chi connectivity index (χ1n) is 8.00. The first kappa shape index (κ1) is 20.9. The van der Waals surface area contributed by atoms with Crippen LogP contribution < -0.4 is 10.6 Å². The van der Waals surface area contributed by atoms with E-state index in [1.165, 1.54) is 6.92 Å². The van der Waals surface area contributed by atoms with Gasteiger partial charge in [-0.2, -0.15) is 4.31 Å². The zero-order valence-corrected chi connectivity index (χ0v) is 16.5. The number of sulfonamides is 1. The molecule has 0 saturated carbocycles. The minimum atomic E-state index is -3.60. The van der Waals surface area contributed by atoms with Gasteiger partial charge >= 0.3 is 0 Å². The number of carbonyl (C=O) groups is 2. The highest BCUT2D eigenvalue weighted by molar-refractivity contribution is 7.88. The van der Waals surface area contributed by atoms with E-state index in [-0.39, 0.29) is 19.0 Å². The highest BCUT2D eigenvalue weighted by atomic mass is 35.5. The maximum Gasteiger partial charge on any atom is 0.239 e. The molecule has 2 aromatic carbocycles. The van der Waals surface area contributed by atoms with Crippen molar-refractivity contribution in [3.63, 3.8) is 0 Å². The lowest BCUT2D eigenvalue weighted by molar-refractivity contribution is -0.116. The second kappa shape index (κ2) is 8.98. The molecule has 0 aliphatic heterocycles. The van der Waals surface area contributed by atoms with E-state index in [0.717, 1.165) is 10.6 Å². The molecule has 0 bridgehead atoms. The third-order valence-electron chi connectivity index (χ3n) is 3.53. The third-order valence-corrected chi connectivity index (χ3v) is 4.98. The fourth-order valence-corrected chi connectivity index (χ4v) is 3.18. The molecule has 2 N–H and O–H groups in total. The van der Waals surface area contributed by atoms with E-state index < -0.39 is 15.9 Å². The number of rotatable bonds is 7. The predicted molar refractivity (Wildman–Crippen MR) is 106 cm³/mol. The molecule has 7 nitrogen and oxygen atoms in total. The van der Waals surface area contributed by atoms with Crippen LogP contribution in [-0.4, -0.2) is 37.3 Å². The molecule has 0 saturated heterocycles. The Labute approximate surface area is 163 Å². The summed E-state index contributed by atoms with van der Waals surface area (Å²) in [6.07, 6.45) is 1.05. The summed E-state index contributed by atoms with van der Waals surface area (Å²) < 4.78 is 25.1. The van der Waals surface area contributed by atoms with Crippen LogP contribution in [0, 0.1) is 0 Å². The minimum Gasteiger partial charge on any atom is -0.326 e. The lowest BCUT2D eigenvalue weighted by Crippen LogP contribution is -2.36. The van der Waals surface area contributed by atoms with Gasteiger partial charge in [-0.05, 0) is 35.9 Å². The molecule has 144 valence electrons. The van der Waals surface area contributed by atoms with Gasteiger partial charge in [0.15, 0.2) is 0 Å². The average molecular weight is 410 g/mol. The number of nitrogens with one attached hydrogen (secondary N) is 2. The number of hydrogen-bond donors (Lipinski definition) is 2. The van der Waals surface area contributed by atoms with Gasteiger partial charge in [-0.15, -0.1) is 0 Å². The van der Waals surface area contributed by atoms with Crippen molar-refractivity contribution in [1.29, 1.82) is 0 Å². The molecular weight excluding hydrogens is 390 g/mol. The second-order valence-corrected chi connectivity index (χ2v) is 8.39.